The molecular weight excluding hydrogens is 400 g/mol. The summed E-state index contributed by atoms with van der Waals surface area (Å²) < 4.78 is 11.6. The lowest BCUT2D eigenvalue weighted by molar-refractivity contribution is -0.132. The van der Waals surface area contributed by atoms with Gasteiger partial charge in [0, 0.05) is 17.0 Å². The number of nitrogens with zero attached hydrogens (tertiary/aromatic N) is 1. The van der Waals surface area contributed by atoms with E-state index in [1.165, 1.54) is 13.1 Å². The number of amides is 1. The van der Waals surface area contributed by atoms with E-state index in [4.69, 9.17) is 9.47 Å². The van der Waals surface area contributed by atoms with Gasteiger partial charge >= 0.3 is 5.97 Å². The van der Waals surface area contributed by atoms with Crippen LogP contribution in [0.3, 0.4) is 0 Å². The van der Waals surface area contributed by atoms with Gasteiger partial charge in [-0.05, 0) is 49.2 Å². The maximum absolute atomic E-state index is 11.9. The highest BCUT2D eigenvalue weighted by Gasteiger charge is 2.08. The Balaban J connectivity index is 1.94. The maximum Gasteiger partial charge on any atom is 0.308 e. The predicted molar refractivity (Wildman–Crippen MR) is 103 cm³/mol. The molecule has 1 amide bonds. The molecule has 0 radical (unpaired) electrons. The van der Waals surface area contributed by atoms with E-state index >= 15 is 0 Å². The van der Waals surface area contributed by atoms with Crippen molar-refractivity contribution in [2.45, 2.75) is 20.8 Å². The number of hydrazone groups is 1. The Hall–Kier alpha value is -2.67. The third-order valence-electron chi connectivity index (χ3n) is 3.34. The largest absolute Gasteiger partial charge is 0.483 e. The van der Waals surface area contributed by atoms with Crippen LogP contribution in [0.1, 0.15) is 23.6 Å². The molecule has 0 saturated carbocycles. The lowest BCUT2D eigenvalue weighted by Crippen LogP contribution is -2.25. The quantitative estimate of drug-likeness (QED) is 0.337. The maximum atomic E-state index is 11.9. The van der Waals surface area contributed by atoms with Gasteiger partial charge < -0.3 is 9.47 Å². The normalized spacial score (nSPS) is 10.6. The van der Waals surface area contributed by atoms with Crippen LogP contribution in [0.25, 0.3) is 0 Å². The number of hydrogen-bond donors (Lipinski definition) is 1. The molecule has 0 atom stereocenters. The Morgan fingerprint density at radius 3 is 2.50 bits per heavy atom. The summed E-state index contributed by atoms with van der Waals surface area (Å²) in [5.41, 5.74) is 4.83. The lowest BCUT2D eigenvalue weighted by Gasteiger charge is -2.11. The molecule has 2 aromatic carbocycles. The van der Waals surface area contributed by atoms with E-state index in [0.29, 0.717) is 17.1 Å². The van der Waals surface area contributed by atoms with E-state index in [-0.39, 0.29) is 6.61 Å². The van der Waals surface area contributed by atoms with Gasteiger partial charge in [-0.25, -0.2) is 5.43 Å². The molecule has 7 heteroatoms. The van der Waals surface area contributed by atoms with Crippen LogP contribution < -0.4 is 14.9 Å². The number of benzene rings is 2. The molecule has 0 saturated heterocycles. The second-order valence-electron chi connectivity index (χ2n) is 5.58. The molecule has 0 bridgehead atoms. The second-order valence-corrected chi connectivity index (χ2v) is 6.50. The highest BCUT2D eigenvalue weighted by atomic mass is 79.9. The second kappa shape index (κ2) is 9.15. The number of para-hydroxylation sites is 1. The van der Waals surface area contributed by atoms with E-state index in [2.05, 4.69) is 26.5 Å². The van der Waals surface area contributed by atoms with Crippen molar-refractivity contribution in [3.05, 3.63) is 57.6 Å². The minimum Gasteiger partial charge on any atom is -0.483 e. The topological polar surface area (TPSA) is 77.0 Å². The molecule has 6 nitrogen and oxygen atoms in total. The van der Waals surface area contributed by atoms with Gasteiger partial charge in [0.2, 0.25) is 0 Å². The third kappa shape index (κ3) is 5.70. The molecular formula is C19H19BrN2O4. The zero-order chi connectivity index (χ0) is 19.1. The molecule has 0 spiro atoms. The van der Waals surface area contributed by atoms with Gasteiger partial charge in [-0.15, -0.1) is 0 Å². The van der Waals surface area contributed by atoms with Crippen molar-refractivity contribution in [1.29, 1.82) is 0 Å². The van der Waals surface area contributed by atoms with Crippen molar-refractivity contribution in [3.8, 4) is 11.5 Å². The van der Waals surface area contributed by atoms with Gasteiger partial charge in [-0.3, -0.25) is 9.59 Å². The van der Waals surface area contributed by atoms with Crippen molar-refractivity contribution in [3.63, 3.8) is 0 Å². The first kappa shape index (κ1) is 19.7. The molecule has 1 N–H and O–H groups in total. The molecule has 0 aromatic heterocycles. The number of carbonyl (C=O) groups is 2. The number of nitrogens with one attached hydrogen (secondary N) is 1. The standard InChI is InChI=1S/C19H19BrN2O4/c1-12-8-16(20)9-13(2)19(12)25-11-18(24)22-21-10-15-6-4-5-7-17(15)26-14(3)23/h4-10H,11H2,1-3H3,(H,22,24)/b21-10-. The number of halogens is 1. The Labute approximate surface area is 160 Å². The predicted octanol–water partition coefficient (Wildman–Crippen LogP) is 3.52. The smallest absolute Gasteiger partial charge is 0.308 e. The molecule has 0 heterocycles. The molecule has 0 unspecified atom stereocenters. The number of hydrogen-bond acceptors (Lipinski definition) is 5. The number of aryl methyl sites for hydroxylation is 2. The fourth-order valence-corrected chi connectivity index (χ4v) is 2.99. The first-order valence-electron chi connectivity index (χ1n) is 7.85. The first-order valence-corrected chi connectivity index (χ1v) is 8.65. The molecule has 0 aliphatic heterocycles. The molecule has 0 fully saturated rings. The number of carbonyl (C=O) groups excluding carboxylic acids is 2. The Kier molecular flexibility index (Phi) is 6.91. The Morgan fingerprint density at radius 1 is 1.19 bits per heavy atom. The molecule has 0 aliphatic carbocycles. The molecule has 0 aliphatic rings. The van der Waals surface area contributed by atoms with E-state index < -0.39 is 11.9 Å². The van der Waals surface area contributed by atoms with E-state index in [9.17, 15) is 9.59 Å². The zero-order valence-electron chi connectivity index (χ0n) is 14.7. The summed E-state index contributed by atoms with van der Waals surface area (Å²) in [6.07, 6.45) is 1.41. The van der Waals surface area contributed by atoms with Crippen LogP contribution in [0.4, 0.5) is 0 Å². The van der Waals surface area contributed by atoms with Gasteiger partial charge in [-0.1, -0.05) is 28.1 Å². The van der Waals surface area contributed by atoms with Crippen LogP contribution in [-0.2, 0) is 9.59 Å². The van der Waals surface area contributed by atoms with Crippen molar-refractivity contribution >= 4 is 34.0 Å². The highest BCUT2D eigenvalue weighted by molar-refractivity contribution is 9.10. The van der Waals surface area contributed by atoms with Crippen molar-refractivity contribution in [2.24, 2.45) is 5.10 Å². The summed E-state index contributed by atoms with van der Waals surface area (Å²) in [5, 5.41) is 3.88. The monoisotopic (exact) mass is 418 g/mol. The SMILES string of the molecule is CC(=O)Oc1ccccc1/C=N\NC(=O)COc1c(C)cc(Br)cc1C. The van der Waals surface area contributed by atoms with Gasteiger partial charge in [0.05, 0.1) is 6.21 Å². The van der Waals surface area contributed by atoms with Crippen LogP contribution in [0.2, 0.25) is 0 Å². The van der Waals surface area contributed by atoms with Gasteiger partial charge in [-0.2, -0.15) is 5.10 Å². The Bertz CT molecular complexity index is 826. The average Bonchev–Trinajstić information content (AvgIpc) is 2.55. The Morgan fingerprint density at radius 2 is 1.85 bits per heavy atom. The van der Waals surface area contributed by atoms with Crippen LogP contribution in [-0.4, -0.2) is 24.7 Å². The number of ether oxygens (including phenoxy) is 2. The van der Waals surface area contributed by atoms with Crippen LogP contribution in [0.5, 0.6) is 11.5 Å². The van der Waals surface area contributed by atoms with Gasteiger partial charge in [0.25, 0.3) is 5.91 Å². The molecule has 136 valence electrons. The summed E-state index contributed by atoms with van der Waals surface area (Å²) in [7, 11) is 0. The van der Waals surface area contributed by atoms with Crippen molar-refractivity contribution < 1.29 is 19.1 Å². The van der Waals surface area contributed by atoms with E-state index in [1.807, 2.05) is 26.0 Å². The fourth-order valence-electron chi connectivity index (χ4n) is 2.30. The number of esters is 1. The third-order valence-corrected chi connectivity index (χ3v) is 3.80. The van der Waals surface area contributed by atoms with Crippen molar-refractivity contribution in [1.82, 2.24) is 5.43 Å². The molecule has 2 aromatic rings. The minimum absolute atomic E-state index is 0.160. The molecule has 2 rings (SSSR count). The first-order chi connectivity index (χ1) is 12.4. The fraction of sp³-hybridized carbons (Fsp3) is 0.211. The summed E-state index contributed by atoms with van der Waals surface area (Å²) >= 11 is 3.42. The van der Waals surface area contributed by atoms with Crippen LogP contribution in [0.15, 0.2) is 46.0 Å². The lowest BCUT2D eigenvalue weighted by atomic mass is 10.1. The molecule has 26 heavy (non-hydrogen) atoms. The van der Waals surface area contributed by atoms with E-state index in [0.717, 1.165) is 15.6 Å². The van der Waals surface area contributed by atoms with Crippen LogP contribution >= 0.6 is 15.9 Å². The minimum atomic E-state index is -0.427. The van der Waals surface area contributed by atoms with Gasteiger partial charge in [0.1, 0.15) is 11.5 Å². The summed E-state index contributed by atoms with van der Waals surface area (Å²) in [4.78, 5) is 23.0. The summed E-state index contributed by atoms with van der Waals surface area (Å²) in [5.74, 6) is 0.222. The zero-order valence-corrected chi connectivity index (χ0v) is 16.3. The van der Waals surface area contributed by atoms with Crippen molar-refractivity contribution in [2.75, 3.05) is 6.61 Å². The van der Waals surface area contributed by atoms with Crippen LogP contribution in [0, 0.1) is 13.8 Å². The highest BCUT2D eigenvalue weighted by Crippen LogP contribution is 2.27. The number of rotatable bonds is 6. The van der Waals surface area contributed by atoms with Gasteiger partial charge in [0.15, 0.2) is 6.61 Å². The van der Waals surface area contributed by atoms with E-state index in [1.54, 1.807) is 24.3 Å². The summed E-state index contributed by atoms with van der Waals surface area (Å²) in [6, 6.07) is 10.7. The summed E-state index contributed by atoms with van der Waals surface area (Å²) in [6.45, 7) is 4.98. The average molecular weight is 419 g/mol.